The summed E-state index contributed by atoms with van der Waals surface area (Å²) in [6, 6.07) is 11.1. The number of amides is 1. The van der Waals surface area contributed by atoms with Crippen molar-refractivity contribution in [3.8, 4) is 5.75 Å². The molecule has 0 aliphatic rings. The van der Waals surface area contributed by atoms with E-state index in [0.29, 0.717) is 18.1 Å². The van der Waals surface area contributed by atoms with E-state index < -0.39 is 5.91 Å². The standard InChI is InChI=1S/C14H12BrNO3/c15-10-2-1-3-12(8-10)18-9-13-5-4-11(19-13)6-7-14(16)17/h1-8H,9H2,(H2,16,17)/b7-6-. The van der Waals surface area contributed by atoms with E-state index in [1.54, 1.807) is 12.1 Å². The monoisotopic (exact) mass is 321 g/mol. The van der Waals surface area contributed by atoms with E-state index in [0.717, 1.165) is 10.2 Å². The molecule has 1 aromatic carbocycles. The lowest BCUT2D eigenvalue weighted by atomic mass is 10.3. The summed E-state index contributed by atoms with van der Waals surface area (Å²) in [5, 5.41) is 0. The lowest BCUT2D eigenvalue weighted by Gasteiger charge is -2.03. The van der Waals surface area contributed by atoms with Crippen molar-refractivity contribution in [3.05, 3.63) is 58.5 Å². The van der Waals surface area contributed by atoms with E-state index in [9.17, 15) is 4.79 Å². The molecule has 0 atom stereocenters. The van der Waals surface area contributed by atoms with Crippen molar-refractivity contribution in [2.24, 2.45) is 5.73 Å². The van der Waals surface area contributed by atoms with E-state index in [2.05, 4.69) is 15.9 Å². The third-order valence-electron chi connectivity index (χ3n) is 2.27. The fraction of sp³-hybridized carbons (Fsp3) is 0.0714. The maximum Gasteiger partial charge on any atom is 0.241 e. The number of benzene rings is 1. The van der Waals surface area contributed by atoms with Crippen LogP contribution in [0, 0.1) is 0 Å². The molecule has 0 unspecified atom stereocenters. The molecule has 0 saturated carbocycles. The minimum Gasteiger partial charge on any atom is -0.486 e. The molecule has 1 aromatic heterocycles. The van der Waals surface area contributed by atoms with Crippen LogP contribution in [0.25, 0.3) is 6.08 Å². The van der Waals surface area contributed by atoms with Crippen LogP contribution in [-0.4, -0.2) is 5.91 Å². The maximum atomic E-state index is 10.6. The van der Waals surface area contributed by atoms with E-state index in [-0.39, 0.29) is 0 Å². The van der Waals surface area contributed by atoms with Gasteiger partial charge in [-0.1, -0.05) is 22.0 Å². The number of primary amides is 1. The normalized spacial score (nSPS) is 10.8. The second-order valence-corrected chi connectivity index (χ2v) is 4.70. The van der Waals surface area contributed by atoms with Crippen molar-refractivity contribution < 1.29 is 13.9 Å². The molecular weight excluding hydrogens is 310 g/mol. The number of carbonyl (C=O) groups is 1. The maximum absolute atomic E-state index is 10.6. The molecule has 2 rings (SSSR count). The molecule has 98 valence electrons. The van der Waals surface area contributed by atoms with Crippen LogP contribution in [0.3, 0.4) is 0 Å². The molecule has 0 saturated heterocycles. The van der Waals surface area contributed by atoms with Gasteiger partial charge in [-0.3, -0.25) is 4.79 Å². The first-order valence-corrected chi connectivity index (χ1v) is 6.37. The van der Waals surface area contributed by atoms with Gasteiger partial charge in [-0.25, -0.2) is 0 Å². The van der Waals surface area contributed by atoms with Crippen LogP contribution in [0.1, 0.15) is 11.5 Å². The van der Waals surface area contributed by atoms with Crippen molar-refractivity contribution in [1.82, 2.24) is 0 Å². The van der Waals surface area contributed by atoms with Crippen LogP contribution in [0.4, 0.5) is 0 Å². The molecular formula is C14H12BrNO3. The minimum absolute atomic E-state index is 0.320. The van der Waals surface area contributed by atoms with Gasteiger partial charge in [0.05, 0.1) is 0 Å². The van der Waals surface area contributed by atoms with Crippen molar-refractivity contribution in [1.29, 1.82) is 0 Å². The Hall–Kier alpha value is -2.01. The fourth-order valence-corrected chi connectivity index (χ4v) is 1.82. The summed E-state index contributed by atoms with van der Waals surface area (Å²) in [6.45, 7) is 0.320. The highest BCUT2D eigenvalue weighted by Crippen LogP contribution is 2.19. The molecule has 0 spiro atoms. The molecule has 5 heteroatoms. The van der Waals surface area contributed by atoms with E-state index in [1.807, 2.05) is 24.3 Å². The fourth-order valence-electron chi connectivity index (χ4n) is 1.44. The zero-order valence-corrected chi connectivity index (χ0v) is 11.6. The van der Waals surface area contributed by atoms with Gasteiger partial charge in [-0.15, -0.1) is 0 Å². The molecule has 4 nitrogen and oxygen atoms in total. The molecule has 0 fully saturated rings. The number of hydrogen-bond acceptors (Lipinski definition) is 3. The first-order chi connectivity index (χ1) is 9.13. The smallest absolute Gasteiger partial charge is 0.241 e. The summed E-state index contributed by atoms with van der Waals surface area (Å²) < 4.78 is 12.0. The number of furan rings is 1. The molecule has 19 heavy (non-hydrogen) atoms. The number of carbonyl (C=O) groups excluding carboxylic acids is 1. The van der Waals surface area contributed by atoms with Crippen LogP contribution in [0.2, 0.25) is 0 Å². The number of rotatable bonds is 5. The predicted molar refractivity (Wildman–Crippen MR) is 75.4 cm³/mol. The Labute approximate surface area is 119 Å². The Morgan fingerprint density at radius 2 is 2.21 bits per heavy atom. The molecule has 0 aliphatic heterocycles. The van der Waals surface area contributed by atoms with Gasteiger partial charge in [0.1, 0.15) is 23.9 Å². The van der Waals surface area contributed by atoms with E-state index in [4.69, 9.17) is 14.9 Å². The van der Waals surface area contributed by atoms with Gasteiger partial charge < -0.3 is 14.9 Å². The second-order valence-electron chi connectivity index (χ2n) is 3.79. The van der Waals surface area contributed by atoms with Crippen LogP contribution in [-0.2, 0) is 11.4 Å². The van der Waals surface area contributed by atoms with Gasteiger partial charge in [0, 0.05) is 10.5 Å². The van der Waals surface area contributed by atoms with Gasteiger partial charge in [0.2, 0.25) is 5.91 Å². The highest BCUT2D eigenvalue weighted by molar-refractivity contribution is 9.10. The van der Waals surface area contributed by atoms with Crippen molar-refractivity contribution in [2.45, 2.75) is 6.61 Å². The average Bonchev–Trinajstić information content (AvgIpc) is 2.82. The molecule has 1 amide bonds. The third-order valence-corrected chi connectivity index (χ3v) is 2.76. The highest BCUT2D eigenvalue weighted by atomic mass is 79.9. The lowest BCUT2D eigenvalue weighted by Crippen LogP contribution is -2.04. The SMILES string of the molecule is NC(=O)/C=C\c1ccc(COc2cccc(Br)c2)o1. The zero-order chi connectivity index (χ0) is 13.7. The van der Waals surface area contributed by atoms with Gasteiger partial charge >= 0.3 is 0 Å². The minimum atomic E-state index is -0.511. The number of halogens is 1. The third kappa shape index (κ3) is 4.30. The summed E-state index contributed by atoms with van der Waals surface area (Å²) in [7, 11) is 0. The average molecular weight is 322 g/mol. The lowest BCUT2D eigenvalue weighted by molar-refractivity contribution is -0.113. The predicted octanol–water partition coefficient (Wildman–Crippen LogP) is 3.12. The van der Waals surface area contributed by atoms with Crippen LogP contribution in [0.5, 0.6) is 5.75 Å². The summed E-state index contributed by atoms with van der Waals surface area (Å²) in [5.41, 5.74) is 5.00. The van der Waals surface area contributed by atoms with Gasteiger partial charge in [0.25, 0.3) is 0 Å². The van der Waals surface area contributed by atoms with E-state index in [1.165, 1.54) is 12.2 Å². The van der Waals surface area contributed by atoms with Gasteiger partial charge in [-0.2, -0.15) is 0 Å². The Kier molecular flexibility index (Phi) is 4.41. The van der Waals surface area contributed by atoms with Crippen molar-refractivity contribution >= 4 is 27.9 Å². The van der Waals surface area contributed by atoms with Gasteiger partial charge in [-0.05, 0) is 36.4 Å². The molecule has 2 aromatic rings. The van der Waals surface area contributed by atoms with Crippen molar-refractivity contribution in [2.75, 3.05) is 0 Å². The molecule has 1 heterocycles. The first kappa shape index (κ1) is 13.4. The summed E-state index contributed by atoms with van der Waals surface area (Å²) in [6.07, 6.45) is 2.77. The largest absolute Gasteiger partial charge is 0.486 e. The number of nitrogens with two attached hydrogens (primary N) is 1. The quantitative estimate of drug-likeness (QED) is 0.860. The Balaban J connectivity index is 1.95. The highest BCUT2D eigenvalue weighted by Gasteiger charge is 2.01. The van der Waals surface area contributed by atoms with Crippen LogP contribution < -0.4 is 10.5 Å². The number of ether oxygens (including phenoxy) is 1. The number of hydrogen-bond donors (Lipinski definition) is 1. The second kappa shape index (κ2) is 6.24. The molecule has 0 bridgehead atoms. The van der Waals surface area contributed by atoms with Crippen LogP contribution in [0.15, 0.2) is 51.4 Å². The Morgan fingerprint density at radius 1 is 1.37 bits per heavy atom. The van der Waals surface area contributed by atoms with Crippen LogP contribution >= 0.6 is 15.9 Å². The Morgan fingerprint density at radius 3 is 2.95 bits per heavy atom. The summed E-state index contributed by atoms with van der Waals surface area (Å²) in [4.78, 5) is 10.6. The van der Waals surface area contributed by atoms with Crippen molar-refractivity contribution in [3.63, 3.8) is 0 Å². The summed E-state index contributed by atoms with van der Waals surface area (Å²) in [5.74, 6) is 1.47. The Bertz CT molecular complexity index is 604. The summed E-state index contributed by atoms with van der Waals surface area (Å²) >= 11 is 3.37. The van der Waals surface area contributed by atoms with Gasteiger partial charge in [0.15, 0.2) is 0 Å². The van der Waals surface area contributed by atoms with E-state index >= 15 is 0 Å². The topological polar surface area (TPSA) is 65.5 Å². The molecule has 2 N–H and O–H groups in total. The molecule has 0 aliphatic carbocycles. The zero-order valence-electron chi connectivity index (χ0n) is 10.0. The first-order valence-electron chi connectivity index (χ1n) is 5.58. The molecule has 0 radical (unpaired) electrons.